The number of hydrogen-bond acceptors (Lipinski definition) is 2. The van der Waals surface area contributed by atoms with Crippen LogP contribution in [0, 0.1) is 5.92 Å². The van der Waals surface area contributed by atoms with Crippen LogP contribution >= 0.6 is 0 Å². The largest absolute Gasteiger partial charge is 0.396 e. The second-order valence-corrected chi connectivity index (χ2v) is 3.61. The lowest BCUT2D eigenvalue weighted by Gasteiger charge is -2.39. The van der Waals surface area contributed by atoms with E-state index in [4.69, 9.17) is 10.8 Å². The molecule has 3 N–H and O–H groups in total. The van der Waals surface area contributed by atoms with Gasteiger partial charge in [0.25, 0.3) is 0 Å². The van der Waals surface area contributed by atoms with Crippen LogP contribution in [-0.2, 0) is 0 Å². The lowest BCUT2D eigenvalue weighted by Crippen LogP contribution is -2.47. The number of rotatable bonds is 3. The lowest BCUT2D eigenvalue weighted by molar-refractivity contribution is 0.142. The van der Waals surface area contributed by atoms with E-state index in [2.05, 4.69) is 0 Å². The van der Waals surface area contributed by atoms with Gasteiger partial charge in [-0.3, -0.25) is 0 Å². The summed E-state index contributed by atoms with van der Waals surface area (Å²) in [6.45, 7) is 2.27. The molecule has 1 unspecified atom stereocenters. The van der Waals surface area contributed by atoms with Crippen molar-refractivity contribution in [2.75, 3.05) is 6.61 Å². The third-order valence-corrected chi connectivity index (χ3v) is 2.69. The number of aliphatic hydroxyl groups is 1. The summed E-state index contributed by atoms with van der Waals surface area (Å²) >= 11 is 0. The summed E-state index contributed by atoms with van der Waals surface area (Å²) in [5.41, 5.74) is 5.87. The van der Waals surface area contributed by atoms with Crippen LogP contribution in [0.1, 0.15) is 32.6 Å². The van der Waals surface area contributed by atoms with Gasteiger partial charge in [0, 0.05) is 12.1 Å². The van der Waals surface area contributed by atoms with Gasteiger partial charge in [-0.2, -0.15) is 0 Å². The molecule has 0 amide bonds. The molecule has 1 fully saturated rings. The van der Waals surface area contributed by atoms with Crippen molar-refractivity contribution in [1.29, 1.82) is 0 Å². The molecule has 1 atom stereocenters. The SMILES string of the molecule is CC(N)(CCO)C1CCC1. The Labute approximate surface area is 62.4 Å². The maximum absolute atomic E-state index is 8.69. The van der Waals surface area contributed by atoms with E-state index in [1.165, 1.54) is 19.3 Å². The highest BCUT2D eigenvalue weighted by Gasteiger charge is 2.33. The van der Waals surface area contributed by atoms with Gasteiger partial charge in [0.05, 0.1) is 0 Å². The summed E-state index contributed by atoms with van der Waals surface area (Å²) in [5, 5.41) is 8.69. The van der Waals surface area contributed by atoms with Gasteiger partial charge in [-0.15, -0.1) is 0 Å². The van der Waals surface area contributed by atoms with Gasteiger partial charge in [-0.05, 0) is 32.1 Å². The van der Waals surface area contributed by atoms with Crippen molar-refractivity contribution in [3.63, 3.8) is 0 Å². The fourth-order valence-corrected chi connectivity index (χ4v) is 1.51. The molecular weight excluding hydrogens is 126 g/mol. The molecule has 1 rings (SSSR count). The van der Waals surface area contributed by atoms with Crippen LogP contribution in [0.5, 0.6) is 0 Å². The minimum absolute atomic E-state index is 0.104. The van der Waals surface area contributed by atoms with Crippen molar-refractivity contribution < 1.29 is 5.11 Å². The van der Waals surface area contributed by atoms with E-state index < -0.39 is 0 Å². The molecule has 0 bridgehead atoms. The molecule has 2 heteroatoms. The van der Waals surface area contributed by atoms with Crippen molar-refractivity contribution in [1.82, 2.24) is 0 Å². The van der Waals surface area contributed by atoms with Gasteiger partial charge >= 0.3 is 0 Å². The average Bonchev–Trinajstić information content (AvgIpc) is 1.56. The second-order valence-electron chi connectivity index (χ2n) is 3.61. The van der Waals surface area contributed by atoms with Crippen LogP contribution in [0.2, 0.25) is 0 Å². The number of nitrogens with two attached hydrogens (primary N) is 1. The van der Waals surface area contributed by atoms with Gasteiger partial charge in [-0.25, -0.2) is 0 Å². The van der Waals surface area contributed by atoms with Crippen LogP contribution in [0.25, 0.3) is 0 Å². The molecule has 0 radical (unpaired) electrons. The molecule has 0 aromatic carbocycles. The summed E-state index contributed by atoms with van der Waals surface area (Å²) in [4.78, 5) is 0. The van der Waals surface area contributed by atoms with E-state index in [9.17, 15) is 0 Å². The Morgan fingerprint density at radius 1 is 1.60 bits per heavy atom. The first-order valence-electron chi connectivity index (χ1n) is 4.06. The predicted molar refractivity (Wildman–Crippen MR) is 41.6 cm³/mol. The Kier molecular flexibility index (Phi) is 2.32. The molecular formula is C8H17NO. The molecule has 0 aromatic rings. The molecule has 60 valence electrons. The normalized spacial score (nSPS) is 25.5. The Bertz CT molecular complexity index is 108. The van der Waals surface area contributed by atoms with Crippen molar-refractivity contribution in [2.45, 2.75) is 38.1 Å². The maximum Gasteiger partial charge on any atom is 0.0448 e. The Morgan fingerprint density at radius 3 is 2.50 bits per heavy atom. The zero-order valence-corrected chi connectivity index (χ0v) is 6.64. The molecule has 1 saturated carbocycles. The quantitative estimate of drug-likeness (QED) is 0.616. The lowest BCUT2D eigenvalue weighted by atomic mass is 9.71. The van der Waals surface area contributed by atoms with Gasteiger partial charge in [0.1, 0.15) is 0 Å². The van der Waals surface area contributed by atoms with E-state index in [0.717, 1.165) is 6.42 Å². The van der Waals surface area contributed by atoms with Crippen molar-refractivity contribution in [2.24, 2.45) is 11.7 Å². The first kappa shape index (κ1) is 8.02. The second kappa shape index (κ2) is 2.89. The number of aliphatic hydroxyl groups excluding tert-OH is 1. The highest BCUT2D eigenvalue weighted by atomic mass is 16.3. The van der Waals surface area contributed by atoms with Gasteiger partial charge < -0.3 is 10.8 Å². The molecule has 1 aliphatic rings. The third-order valence-electron chi connectivity index (χ3n) is 2.69. The summed E-state index contributed by atoms with van der Waals surface area (Å²) < 4.78 is 0. The van der Waals surface area contributed by atoms with Crippen molar-refractivity contribution in [3.8, 4) is 0 Å². The van der Waals surface area contributed by atoms with Crippen LogP contribution in [0.4, 0.5) is 0 Å². The van der Waals surface area contributed by atoms with E-state index in [0.29, 0.717) is 5.92 Å². The standard InChI is InChI=1S/C8H17NO/c1-8(9,5-6-10)7-3-2-4-7/h7,10H,2-6,9H2,1H3. The Balaban J connectivity index is 2.33. The van der Waals surface area contributed by atoms with Gasteiger partial charge in [-0.1, -0.05) is 6.42 Å². The molecule has 10 heavy (non-hydrogen) atoms. The molecule has 0 aliphatic heterocycles. The topological polar surface area (TPSA) is 46.2 Å². The highest BCUT2D eigenvalue weighted by molar-refractivity contribution is 4.91. The monoisotopic (exact) mass is 143 g/mol. The zero-order chi connectivity index (χ0) is 7.61. The van der Waals surface area contributed by atoms with E-state index in [1.54, 1.807) is 0 Å². The predicted octanol–water partition coefficient (Wildman–Crippen LogP) is 0.886. The first-order valence-corrected chi connectivity index (χ1v) is 4.06. The minimum Gasteiger partial charge on any atom is -0.396 e. The maximum atomic E-state index is 8.69. The summed E-state index contributed by atoms with van der Waals surface area (Å²) in [6.07, 6.45) is 4.58. The molecule has 2 nitrogen and oxygen atoms in total. The van der Waals surface area contributed by atoms with Gasteiger partial charge in [0.2, 0.25) is 0 Å². The average molecular weight is 143 g/mol. The molecule has 0 saturated heterocycles. The van der Waals surface area contributed by atoms with Crippen LogP contribution in [0.3, 0.4) is 0 Å². The summed E-state index contributed by atoms with van der Waals surface area (Å²) in [6, 6.07) is 0. The molecule has 1 aliphatic carbocycles. The first-order chi connectivity index (χ1) is 4.67. The highest BCUT2D eigenvalue weighted by Crippen LogP contribution is 2.35. The van der Waals surface area contributed by atoms with Crippen molar-refractivity contribution in [3.05, 3.63) is 0 Å². The third kappa shape index (κ3) is 1.50. The van der Waals surface area contributed by atoms with Crippen LogP contribution in [-0.4, -0.2) is 17.3 Å². The van der Waals surface area contributed by atoms with E-state index >= 15 is 0 Å². The Hall–Kier alpha value is -0.0800. The van der Waals surface area contributed by atoms with Crippen LogP contribution < -0.4 is 5.73 Å². The Morgan fingerprint density at radius 2 is 2.20 bits per heavy atom. The van der Waals surface area contributed by atoms with E-state index in [-0.39, 0.29) is 12.1 Å². The van der Waals surface area contributed by atoms with E-state index in [1.807, 2.05) is 6.92 Å². The van der Waals surface area contributed by atoms with Gasteiger partial charge in [0.15, 0.2) is 0 Å². The number of hydrogen-bond donors (Lipinski definition) is 2. The summed E-state index contributed by atoms with van der Waals surface area (Å²) in [7, 11) is 0. The summed E-state index contributed by atoms with van der Waals surface area (Å²) in [5.74, 6) is 0.666. The van der Waals surface area contributed by atoms with Crippen molar-refractivity contribution >= 4 is 0 Å². The zero-order valence-electron chi connectivity index (χ0n) is 6.64. The molecule has 0 heterocycles. The molecule has 0 spiro atoms. The fourth-order valence-electron chi connectivity index (χ4n) is 1.51. The molecule has 0 aromatic heterocycles. The minimum atomic E-state index is -0.104. The van der Waals surface area contributed by atoms with Crippen LogP contribution in [0.15, 0.2) is 0 Å². The fraction of sp³-hybridized carbons (Fsp3) is 1.00. The smallest absolute Gasteiger partial charge is 0.0448 e.